The highest BCUT2D eigenvalue weighted by Gasteiger charge is 2.40. The van der Waals surface area contributed by atoms with Crippen LogP contribution < -0.4 is 31.9 Å². The van der Waals surface area contributed by atoms with Crippen LogP contribution in [0.5, 0.6) is 0 Å². The molecule has 86 heavy (non-hydrogen) atoms. The number of amides is 5. The lowest BCUT2D eigenvalue weighted by atomic mass is 9.81. The van der Waals surface area contributed by atoms with E-state index in [-0.39, 0.29) is 77.1 Å². The van der Waals surface area contributed by atoms with Gasteiger partial charge in [-0.15, -0.1) is 68.0 Å². The molecule has 7 N–H and O–H groups in total. The van der Waals surface area contributed by atoms with E-state index in [1.165, 1.54) is 82.2 Å². The largest absolute Gasteiger partial charge is 0.446 e. The third-order valence-corrected chi connectivity index (χ3v) is 20.0. The second-order valence-corrected chi connectivity index (χ2v) is 28.2. The summed E-state index contributed by atoms with van der Waals surface area (Å²) in [6.07, 6.45) is -1.15. The molecule has 22 nitrogen and oxygen atoms in total. The molecule has 0 spiro atoms. The van der Waals surface area contributed by atoms with E-state index in [0.29, 0.717) is 86.5 Å². The van der Waals surface area contributed by atoms with Crippen LogP contribution in [0.25, 0.3) is 43.4 Å². The zero-order valence-corrected chi connectivity index (χ0v) is 53.2. The summed E-state index contributed by atoms with van der Waals surface area (Å²) in [6, 6.07) is 10.4. The summed E-state index contributed by atoms with van der Waals surface area (Å²) in [5, 5.41) is 39.0. The Morgan fingerprint density at radius 2 is 1.42 bits per heavy atom. The number of piperidine rings is 1. The highest BCUT2D eigenvalue weighted by Crippen LogP contribution is 2.41. The van der Waals surface area contributed by atoms with Crippen LogP contribution in [-0.4, -0.2) is 113 Å². The second kappa shape index (κ2) is 26.1. The van der Waals surface area contributed by atoms with Gasteiger partial charge in [0.05, 0.1) is 41.2 Å². The van der Waals surface area contributed by atoms with Crippen molar-refractivity contribution in [2.75, 3.05) is 26.0 Å². The summed E-state index contributed by atoms with van der Waals surface area (Å²) in [5.41, 5.74) is 2.53. The number of fused-ring (bicyclic) bond motifs is 14. The fourth-order valence-corrected chi connectivity index (χ4v) is 16.1. The number of aliphatic hydroxyl groups is 1. The quantitative estimate of drug-likeness (QED) is 0.0670. The molecule has 2 aliphatic heterocycles. The van der Waals surface area contributed by atoms with Crippen molar-refractivity contribution >= 4 is 109 Å². The second-order valence-electron chi connectivity index (χ2n) is 22.4. The number of anilines is 1. The lowest BCUT2D eigenvalue weighted by Gasteiger charge is -2.45. The van der Waals surface area contributed by atoms with Gasteiger partial charge in [-0.2, -0.15) is 0 Å². The number of aryl methyl sites for hydroxylation is 1. The monoisotopic (exact) mass is 1280 g/mol. The summed E-state index contributed by atoms with van der Waals surface area (Å²) in [6.45, 7) is 13.5. The van der Waals surface area contributed by atoms with Gasteiger partial charge in [0.1, 0.15) is 83.3 Å². The maximum absolute atomic E-state index is 14.4. The Morgan fingerprint density at radius 3 is 2.15 bits per heavy atom. The molecule has 2 aliphatic rings. The Balaban J connectivity index is 1.02. The van der Waals surface area contributed by atoms with Crippen molar-refractivity contribution in [2.24, 2.45) is 5.92 Å². The molecule has 1 saturated heterocycles. The van der Waals surface area contributed by atoms with Gasteiger partial charge in [-0.05, 0) is 58.2 Å². The molecule has 0 saturated carbocycles. The predicted octanol–water partition coefficient (Wildman–Crippen LogP) is 10.1. The number of thiazole rings is 6. The number of ketones is 1. The van der Waals surface area contributed by atoms with Crippen molar-refractivity contribution in [1.82, 2.24) is 61.5 Å². The number of aromatic nitrogens is 7. The standard InChI is InChI=1S/C58H63N13O9S6/c1-27(2)32-17-38(72)43-28(3)85-54(69-43)34(18-41(73)59-8)62-48(76)36-24-81-50(64-36)31-15-16-33(52-66-40(26-84-52)67-56(78)80-30-19-57(4,5)71-58(6,7)20-30)61-44(31)35-23-82-53(63-35)37-25-83-55(65-37)46(47(75)29-13-11-10-12-14-29)68-42(74)21-60-49(77)45-39(22-79-9)86-51(32)70-45/h10-16,23-27,30,32,34,46-47,71,75H,17-22H2,1-9H3,(H,59,73)(H,60,77)(H,62,76)(H,67,78)(H,68,74)/t32-,34-,46-,47-/m0/s1. The molecule has 0 unspecified atom stereocenters. The van der Waals surface area contributed by atoms with E-state index < -0.39 is 54.5 Å². The van der Waals surface area contributed by atoms with Crippen molar-refractivity contribution in [1.29, 1.82) is 0 Å². The van der Waals surface area contributed by atoms with Gasteiger partial charge in [0.15, 0.2) is 5.78 Å². The van der Waals surface area contributed by atoms with Gasteiger partial charge in [0.25, 0.3) is 11.8 Å². The lowest BCUT2D eigenvalue weighted by Crippen LogP contribution is -2.59. The van der Waals surface area contributed by atoms with Gasteiger partial charge in [-0.3, -0.25) is 29.3 Å². The minimum absolute atomic E-state index is 0.0302. The first kappa shape index (κ1) is 61.9. The Morgan fingerprint density at radius 1 is 0.733 bits per heavy atom. The zero-order chi connectivity index (χ0) is 61.2. The summed E-state index contributed by atoms with van der Waals surface area (Å²) in [7, 11) is 2.98. The molecular formula is C58H63N13O9S6. The first-order valence-electron chi connectivity index (χ1n) is 27.5. The molecule has 1 fully saturated rings. The number of carbonyl (C=O) groups is 6. The van der Waals surface area contributed by atoms with Gasteiger partial charge in [0, 0.05) is 82.4 Å². The molecule has 7 aromatic heterocycles. The normalized spacial score (nSPS) is 18.8. The Kier molecular flexibility index (Phi) is 18.8. The van der Waals surface area contributed by atoms with E-state index >= 15 is 0 Å². The number of pyridine rings is 1. The van der Waals surface area contributed by atoms with Crippen LogP contribution in [-0.2, 0) is 25.7 Å². The van der Waals surface area contributed by atoms with Gasteiger partial charge < -0.3 is 41.2 Å². The van der Waals surface area contributed by atoms with Crippen molar-refractivity contribution < 1.29 is 43.3 Å². The molecule has 4 atom stereocenters. The molecule has 450 valence electrons. The number of nitrogens with one attached hydrogen (secondary N) is 6. The Hall–Kier alpha value is -7.15. The number of hydrogen-bond donors (Lipinski definition) is 7. The number of ether oxygens (including phenoxy) is 2. The van der Waals surface area contributed by atoms with Gasteiger partial charge in [-0.1, -0.05) is 44.2 Å². The molecule has 8 aromatic rings. The SMILES string of the molecule is CNC(=O)C[C@@H]1NC(=O)c2csc(n2)-c2ccc(-c3nc(NC(=O)OC4CC(C)(C)NC(C)(C)C4)cs3)nc2-c2csc(n2)-c2csc(n2)[C@H]([C@@H](O)c2ccccc2)NC(=O)CNC(=O)c2nc(sc2COC)[C@H](C(C)C)CC(=O)c2nc1sc2C. The molecule has 10 rings (SSSR count). The number of Topliss-reactive ketones (excluding diaryl/α,β-unsaturated/α-hetero) is 1. The molecule has 0 aliphatic carbocycles. The minimum atomic E-state index is -1.26. The van der Waals surface area contributed by atoms with Crippen LogP contribution in [0, 0.1) is 12.8 Å². The van der Waals surface area contributed by atoms with E-state index in [1.54, 1.807) is 53.4 Å². The summed E-state index contributed by atoms with van der Waals surface area (Å²) in [5.74, 6) is -2.85. The smallest absolute Gasteiger partial charge is 0.413 e. The van der Waals surface area contributed by atoms with E-state index in [1.807, 2.05) is 31.4 Å². The highest BCUT2D eigenvalue weighted by atomic mass is 32.1. The molecule has 5 amide bonds. The minimum Gasteiger partial charge on any atom is -0.446 e. The third kappa shape index (κ3) is 14.3. The fourth-order valence-electron chi connectivity index (χ4n) is 10.5. The lowest BCUT2D eigenvalue weighted by molar-refractivity contribution is -0.122. The van der Waals surface area contributed by atoms with Crippen molar-refractivity contribution in [2.45, 2.75) is 122 Å². The topological polar surface area (TPSA) is 304 Å². The van der Waals surface area contributed by atoms with Crippen molar-refractivity contribution in [3.8, 4) is 43.4 Å². The number of aliphatic hydroxyl groups excluding tert-OH is 1. The average molecular weight is 1280 g/mol. The Labute approximate surface area is 519 Å². The van der Waals surface area contributed by atoms with E-state index in [4.69, 9.17) is 44.4 Å². The summed E-state index contributed by atoms with van der Waals surface area (Å²) in [4.78, 5) is 118. The van der Waals surface area contributed by atoms with Crippen LogP contribution in [0.4, 0.5) is 10.6 Å². The van der Waals surface area contributed by atoms with Crippen LogP contribution in [0.1, 0.15) is 153 Å². The molecule has 9 heterocycles. The van der Waals surface area contributed by atoms with Gasteiger partial charge in [-0.25, -0.2) is 39.7 Å². The first-order chi connectivity index (χ1) is 41.0. The molecule has 10 bridgehead atoms. The molecule has 1 aromatic carbocycles. The van der Waals surface area contributed by atoms with Crippen LogP contribution in [0.15, 0.2) is 64.0 Å². The number of methoxy groups -OCH3 is 1. The average Bonchev–Trinajstić information content (AvgIpc) is 3.60. The van der Waals surface area contributed by atoms with E-state index in [0.717, 1.165) is 0 Å². The van der Waals surface area contributed by atoms with E-state index in [9.17, 15) is 33.9 Å². The predicted molar refractivity (Wildman–Crippen MR) is 333 cm³/mol. The fraction of sp³-hybridized carbons (Fsp3) is 0.397. The third-order valence-electron chi connectivity index (χ3n) is 14.3. The van der Waals surface area contributed by atoms with Crippen molar-refractivity contribution in [3.63, 3.8) is 0 Å². The van der Waals surface area contributed by atoms with E-state index in [2.05, 4.69) is 59.6 Å². The molecular weight excluding hydrogens is 1220 g/mol. The van der Waals surface area contributed by atoms with Crippen molar-refractivity contribution in [3.05, 3.63) is 111 Å². The van der Waals surface area contributed by atoms with Gasteiger partial charge in [0.2, 0.25) is 11.8 Å². The maximum atomic E-state index is 14.4. The van der Waals surface area contributed by atoms with Crippen LogP contribution >= 0.6 is 68.0 Å². The Bertz CT molecular complexity index is 3810. The number of carbonyl (C=O) groups excluding carboxylic acids is 6. The summed E-state index contributed by atoms with van der Waals surface area (Å²) < 4.78 is 11.4. The maximum Gasteiger partial charge on any atom is 0.413 e. The number of hydrogen-bond acceptors (Lipinski definition) is 23. The van der Waals surface area contributed by atoms with Crippen LogP contribution in [0.3, 0.4) is 0 Å². The summed E-state index contributed by atoms with van der Waals surface area (Å²) >= 11 is 7.37. The number of rotatable bonds is 10. The molecule has 0 radical (unpaired) electrons. The molecule has 28 heteroatoms. The van der Waals surface area contributed by atoms with Crippen LogP contribution in [0.2, 0.25) is 0 Å². The first-order valence-corrected chi connectivity index (χ1v) is 32.6. The number of benzene rings is 1. The highest BCUT2D eigenvalue weighted by molar-refractivity contribution is 7.15. The zero-order valence-electron chi connectivity index (χ0n) is 48.4. The number of nitrogens with zero attached hydrogens (tertiary/aromatic N) is 7. The van der Waals surface area contributed by atoms with Gasteiger partial charge >= 0.3 is 6.09 Å².